The van der Waals surface area contributed by atoms with Crippen LogP contribution in [0.4, 0.5) is 11.4 Å². The molecule has 1 aromatic heterocycles. The molecule has 0 unspecified atom stereocenters. The molecule has 0 spiro atoms. The highest BCUT2D eigenvalue weighted by Gasteiger charge is 2.21. The molecule has 0 saturated carbocycles. The summed E-state index contributed by atoms with van der Waals surface area (Å²) in [5.41, 5.74) is 8.37. The third kappa shape index (κ3) is 2.95. The number of thiophene rings is 1. The molecule has 4 nitrogen and oxygen atoms in total. The van der Waals surface area contributed by atoms with E-state index in [9.17, 15) is 8.42 Å². The number of hydrogen-bond donors (Lipinski definition) is 2. The van der Waals surface area contributed by atoms with Crippen LogP contribution in [0, 0.1) is 13.8 Å². The lowest BCUT2D eigenvalue weighted by Gasteiger charge is -2.13. The van der Waals surface area contributed by atoms with E-state index in [0.29, 0.717) is 25.7 Å². The number of nitrogen functional groups attached to an aromatic ring is 1. The van der Waals surface area contributed by atoms with Crippen molar-refractivity contribution in [2.24, 2.45) is 0 Å². The third-order valence-corrected chi connectivity index (χ3v) is 7.14. The maximum Gasteiger partial charge on any atom is 0.271 e. The molecule has 0 radical (unpaired) electrons. The standard InChI is InChI=1S/C12H12BrClN2O2S2/c1-6-3-4-9(15)7(2)11(6)16-20(17,18)10-5-8(14)12(13)19-10/h3-5,16H,15H2,1-2H3. The Hall–Kier alpha value is -0.760. The van der Waals surface area contributed by atoms with Crippen LogP contribution in [-0.2, 0) is 10.0 Å². The summed E-state index contributed by atoms with van der Waals surface area (Å²) >= 11 is 10.1. The first kappa shape index (κ1) is 15.6. The largest absolute Gasteiger partial charge is 0.398 e. The van der Waals surface area contributed by atoms with Crippen LogP contribution >= 0.6 is 38.9 Å². The summed E-state index contributed by atoms with van der Waals surface area (Å²) in [5.74, 6) is 0. The fourth-order valence-corrected chi connectivity index (χ4v) is 5.26. The highest BCUT2D eigenvalue weighted by atomic mass is 79.9. The molecule has 0 fully saturated rings. The summed E-state index contributed by atoms with van der Waals surface area (Å²) in [6.07, 6.45) is 0. The van der Waals surface area contributed by atoms with Gasteiger partial charge >= 0.3 is 0 Å². The van der Waals surface area contributed by atoms with Crippen molar-refractivity contribution in [2.75, 3.05) is 10.5 Å². The Labute approximate surface area is 135 Å². The van der Waals surface area contributed by atoms with Gasteiger partial charge in [0.05, 0.1) is 14.5 Å². The first-order valence-electron chi connectivity index (χ1n) is 5.55. The molecule has 0 aliphatic heterocycles. The van der Waals surface area contributed by atoms with Crippen molar-refractivity contribution in [3.05, 3.63) is 38.1 Å². The van der Waals surface area contributed by atoms with Gasteiger partial charge in [0.1, 0.15) is 4.21 Å². The summed E-state index contributed by atoms with van der Waals surface area (Å²) < 4.78 is 28.0. The van der Waals surface area contributed by atoms with Crippen LogP contribution in [0.2, 0.25) is 5.02 Å². The van der Waals surface area contributed by atoms with Crippen molar-refractivity contribution in [1.29, 1.82) is 0 Å². The summed E-state index contributed by atoms with van der Waals surface area (Å²) in [5, 5.41) is 0.372. The number of aryl methyl sites for hydroxylation is 1. The number of rotatable bonds is 3. The number of anilines is 2. The summed E-state index contributed by atoms with van der Waals surface area (Å²) in [7, 11) is -3.68. The van der Waals surface area contributed by atoms with Gasteiger partial charge in [-0.25, -0.2) is 8.42 Å². The van der Waals surface area contributed by atoms with Gasteiger partial charge in [0.2, 0.25) is 0 Å². The minimum absolute atomic E-state index is 0.149. The van der Waals surface area contributed by atoms with Crippen molar-refractivity contribution in [1.82, 2.24) is 0 Å². The summed E-state index contributed by atoms with van der Waals surface area (Å²) in [6.45, 7) is 3.60. The zero-order valence-electron chi connectivity index (χ0n) is 10.7. The second-order valence-electron chi connectivity index (χ2n) is 4.26. The molecule has 0 atom stereocenters. The number of sulfonamides is 1. The van der Waals surface area contributed by atoms with Gasteiger partial charge in [-0.3, -0.25) is 4.72 Å². The molecule has 0 aliphatic rings. The molecule has 1 aromatic carbocycles. The first-order chi connectivity index (χ1) is 9.22. The molecule has 0 amide bonds. The van der Waals surface area contributed by atoms with Gasteiger partial charge in [-0.2, -0.15) is 0 Å². The minimum atomic E-state index is -3.68. The summed E-state index contributed by atoms with van der Waals surface area (Å²) in [4.78, 5) is 0. The Balaban J connectivity index is 2.46. The second-order valence-corrected chi connectivity index (χ2v) is 8.95. The highest BCUT2D eigenvalue weighted by molar-refractivity contribution is 9.11. The minimum Gasteiger partial charge on any atom is -0.398 e. The zero-order chi connectivity index (χ0) is 15.1. The Bertz CT molecular complexity index is 753. The molecular formula is C12H12BrClN2O2S2. The van der Waals surface area contributed by atoms with E-state index in [1.807, 2.05) is 6.92 Å². The van der Waals surface area contributed by atoms with E-state index in [1.165, 1.54) is 6.07 Å². The van der Waals surface area contributed by atoms with E-state index in [0.717, 1.165) is 16.9 Å². The number of nitrogens with two attached hydrogens (primary N) is 1. The van der Waals surface area contributed by atoms with Gasteiger partial charge < -0.3 is 5.73 Å². The lowest BCUT2D eigenvalue weighted by atomic mass is 10.1. The molecule has 20 heavy (non-hydrogen) atoms. The van der Waals surface area contributed by atoms with E-state index >= 15 is 0 Å². The van der Waals surface area contributed by atoms with Gasteiger partial charge in [-0.05, 0) is 53.0 Å². The second kappa shape index (κ2) is 5.55. The highest BCUT2D eigenvalue weighted by Crippen LogP contribution is 2.36. The SMILES string of the molecule is Cc1ccc(N)c(C)c1NS(=O)(=O)c1cc(Cl)c(Br)s1. The lowest BCUT2D eigenvalue weighted by molar-refractivity contribution is 0.603. The van der Waals surface area contributed by atoms with Crippen LogP contribution in [0.15, 0.2) is 26.2 Å². The smallest absolute Gasteiger partial charge is 0.271 e. The van der Waals surface area contributed by atoms with Gasteiger partial charge in [0.25, 0.3) is 10.0 Å². The molecule has 108 valence electrons. The maximum absolute atomic E-state index is 12.4. The maximum atomic E-state index is 12.4. The first-order valence-corrected chi connectivity index (χ1v) is 9.03. The monoisotopic (exact) mass is 394 g/mol. The van der Waals surface area contributed by atoms with Crippen molar-refractivity contribution in [3.63, 3.8) is 0 Å². The third-order valence-electron chi connectivity index (χ3n) is 2.84. The van der Waals surface area contributed by atoms with Gasteiger partial charge in [0.15, 0.2) is 0 Å². The van der Waals surface area contributed by atoms with E-state index in [4.69, 9.17) is 17.3 Å². The number of nitrogens with one attached hydrogen (secondary N) is 1. The van der Waals surface area contributed by atoms with Crippen molar-refractivity contribution in [3.8, 4) is 0 Å². The molecule has 3 N–H and O–H groups in total. The number of benzene rings is 1. The molecular weight excluding hydrogens is 384 g/mol. The predicted molar refractivity (Wildman–Crippen MR) is 88.2 cm³/mol. The van der Waals surface area contributed by atoms with Crippen LogP contribution in [0.1, 0.15) is 11.1 Å². The average Bonchev–Trinajstić information content (AvgIpc) is 2.71. The fraction of sp³-hybridized carbons (Fsp3) is 0.167. The molecule has 1 heterocycles. The van der Waals surface area contributed by atoms with E-state index in [-0.39, 0.29) is 4.21 Å². The van der Waals surface area contributed by atoms with Crippen molar-refractivity contribution in [2.45, 2.75) is 18.1 Å². The lowest BCUT2D eigenvalue weighted by Crippen LogP contribution is -2.14. The Morgan fingerprint density at radius 1 is 1.35 bits per heavy atom. The number of halogens is 2. The van der Waals surface area contributed by atoms with Gasteiger partial charge in [-0.15, -0.1) is 11.3 Å². The van der Waals surface area contributed by atoms with Crippen molar-refractivity contribution >= 4 is 60.3 Å². The number of hydrogen-bond acceptors (Lipinski definition) is 4. The van der Waals surface area contributed by atoms with Crippen LogP contribution < -0.4 is 10.5 Å². The van der Waals surface area contributed by atoms with Crippen LogP contribution in [0.25, 0.3) is 0 Å². The topological polar surface area (TPSA) is 72.2 Å². The predicted octanol–water partition coefficient (Wildman–Crippen LogP) is 4.16. The zero-order valence-corrected chi connectivity index (χ0v) is 14.7. The van der Waals surface area contributed by atoms with Crippen LogP contribution in [0.3, 0.4) is 0 Å². The van der Waals surface area contributed by atoms with E-state index in [1.54, 1.807) is 19.1 Å². The Morgan fingerprint density at radius 2 is 2.00 bits per heavy atom. The van der Waals surface area contributed by atoms with E-state index in [2.05, 4.69) is 20.7 Å². The molecule has 2 rings (SSSR count). The Morgan fingerprint density at radius 3 is 2.55 bits per heavy atom. The average molecular weight is 396 g/mol. The molecule has 8 heteroatoms. The van der Waals surface area contributed by atoms with Gasteiger partial charge in [0, 0.05) is 5.69 Å². The molecule has 2 aromatic rings. The van der Waals surface area contributed by atoms with Crippen molar-refractivity contribution < 1.29 is 8.42 Å². The fourth-order valence-electron chi connectivity index (χ4n) is 1.66. The summed E-state index contributed by atoms with van der Waals surface area (Å²) in [6, 6.07) is 4.94. The van der Waals surface area contributed by atoms with Crippen LogP contribution in [0.5, 0.6) is 0 Å². The van der Waals surface area contributed by atoms with Crippen LogP contribution in [-0.4, -0.2) is 8.42 Å². The molecule has 0 saturated heterocycles. The molecule has 0 bridgehead atoms. The molecule has 0 aliphatic carbocycles. The van der Waals surface area contributed by atoms with E-state index < -0.39 is 10.0 Å². The van der Waals surface area contributed by atoms with Gasteiger partial charge in [-0.1, -0.05) is 17.7 Å². The Kier molecular flexibility index (Phi) is 4.34. The quantitative estimate of drug-likeness (QED) is 0.766. The normalized spacial score (nSPS) is 11.6.